The van der Waals surface area contributed by atoms with Crippen LogP contribution in [0.1, 0.15) is 40.2 Å². The van der Waals surface area contributed by atoms with Crippen LogP contribution in [0.3, 0.4) is 0 Å². The third kappa shape index (κ3) is 2.51. The first-order valence-electron chi connectivity index (χ1n) is 9.30. The van der Waals surface area contributed by atoms with Gasteiger partial charge in [0.2, 0.25) is 5.91 Å². The summed E-state index contributed by atoms with van der Waals surface area (Å²) < 4.78 is 5.76. The number of aromatic nitrogens is 2. The summed E-state index contributed by atoms with van der Waals surface area (Å²) in [6.45, 7) is 1.83. The number of nitrogens with zero attached hydrogens (tertiary/aromatic N) is 2. The zero-order chi connectivity index (χ0) is 19.3. The van der Waals surface area contributed by atoms with Gasteiger partial charge in [-0.05, 0) is 48.2 Å². The van der Waals surface area contributed by atoms with Crippen LogP contribution in [0.25, 0.3) is 22.2 Å². The largest absolute Gasteiger partial charge is 0.441 e. The molecule has 0 saturated heterocycles. The van der Waals surface area contributed by atoms with Gasteiger partial charge in [-0.1, -0.05) is 24.3 Å². The summed E-state index contributed by atoms with van der Waals surface area (Å²) >= 11 is 0. The van der Waals surface area contributed by atoms with Crippen LogP contribution in [0.2, 0.25) is 0 Å². The number of hydrogen-bond donors (Lipinski definition) is 1. The molecule has 5 rings (SSSR count). The number of rotatable bonds is 4. The van der Waals surface area contributed by atoms with Gasteiger partial charge >= 0.3 is 0 Å². The van der Waals surface area contributed by atoms with Crippen molar-refractivity contribution in [2.45, 2.75) is 25.2 Å². The fraction of sp³-hybridized carbons (Fsp3) is 0.174. The smallest absolute Gasteiger partial charge is 0.249 e. The van der Waals surface area contributed by atoms with Crippen LogP contribution in [0.4, 0.5) is 0 Å². The van der Waals surface area contributed by atoms with Crippen LogP contribution in [-0.2, 0) is 5.41 Å². The van der Waals surface area contributed by atoms with E-state index in [1.807, 2.05) is 43.3 Å². The number of benzene rings is 2. The lowest BCUT2D eigenvalue weighted by atomic mass is 9.82. The molecule has 28 heavy (non-hydrogen) atoms. The van der Waals surface area contributed by atoms with Crippen LogP contribution in [-0.4, -0.2) is 15.9 Å². The molecule has 1 saturated carbocycles. The van der Waals surface area contributed by atoms with Gasteiger partial charge in [0.1, 0.15) is 0 Å². The summed E-state index contributed by atoms with van der Waals surface area (Å²) in [5.74, 6) is 0.939. The number of oxazole rings is 1. The predicted molar refractivity (Wildman–Crippen MR) is 107 cm³/mol. The van der Waals surface area contributed by atoms with E-state index in [0.717, 1.165) is 40.4 Å². The Balaban J connectivity index is 1.78. The molecule has 0 bridgehead atoms. The maximum atomic E-state index is 12.1. The summed E-state index contributed by atoms with van der Waals surface area (Å²) in [7, 11) is 0. The van der Waals surface area contributed by atoms with Crippen molar-refractivity contribution in [3.63, 3.8) is 0 Å². The third-order valence-corrected chi connectivity index (χ3v) is 5.60. The first kappa shape index (κ1) is 16.7. The van der Waals surface area contributed by atoms with E-state index in [-0.39, 0.29) is 5.41 Å². The van der Waals surface area contributed by atoms with E-state index < -0.39 is 5.91 Å². The number of carbonyl (C=O) groups excluding carboxylic acids is 1. The summed E-state index contributed by atoms with van der Waals surface area (Å²) in [5.41, 5.74) is 9.99. The first-order chi connectivity index (χ1) is 13.6. The third-order valence-electron chi connectivity index (χ3n) is 5.60. The lowest BCUT2D eigenvalue weighted by molar-refractivity contribution is 0.0999. The van der Waals surface area contributed by atoms with Gasteiger partial charge in [-0.15, -0.1) is 0 Å². The molecular weight excluding hydrogens is 350 g/mol. The molecule has 2 heterocycles. The van der Waals surface area contributed by atoms with E-state index in [1.165, 1.54) is 0 Å². The molecule has 1 fully saturated rings. The van der Waals surface area contributed by atoms with Crippen molar-refractivity contribution in [2.24, 2.45) is 5.73 Å². The maximum Gasteiger partial charge on any atom is 0.249 e. The summed E-state index contributed by atoms with van der Waals surface area (Å²) in [6.07, 6.45) is 5.44. The van der Waals surface area contributed by atoms with Crippen molar-refractivity contribution in [2.75, 3.05) is 0 Å². The van der Waals surface area contributed by atoms with Crippen LogP contribution in [0.5, 0.6) is 0 Å². The Morgan fingerprint density at radius 2 is 1.89 bits per heavy atom. The number of carbonyl (C=O) groups is 1. The van der Waals surface area contributed by atoms with E-state index in [0.29, 0.717) is 17.2 Å². The van der Waals surface area contributed by atoms with Crippen LogP contribution >= 0.6 is 0 Å². The minimum Gasteiger partial charge on any atom is -0.441 e. The topological polar surface area (TPSA) is 82.0 Å². The predicted octanol–water partition coefficient (Wildman–Crippen LogP) is 4.38. The Kier molecular flexibility index (Phi) is 3.59. The fourth-order valence-electron chi connectivity index (χ4n) is 4.14. The highest BCUT2D eigenvalue weighted by Gasteiger charge is 2.48. The molecule has 0 aliphatic heterocycles. The van der Waals surface area contributed by atoms with E-state index in [9.17, 15) is 4.79 Å². The molecule has 0 radical (unpaired) electrons. The van der Waals surface area contributed by atoms with Gasteiger partial charge in [0.05, 0.1) is 11.7 Å². The zero-order valence-corrected chi connectivity index (χ0v) is 15.5. The second-order valence-corrected chi connectivity index (χ2v) is 7.33. The number of aryl methyl sites for hydroxylation is 1. The average Bonchev–Trinajstić information content (AvgIpc) is 3.41. The number of fused-ring (bicyclic) bond motifs is 1. The molecule has 138 valence electrons. The molecule has 0 unspecified atom stereocenters. The van der Waals surface area contributed by atoms with Gasteiger partial charge in [0.25, 0.3) is 0 Å². The Labute approximate surface area is 162 Å². The molecule has 5 nitrogen and oxygen atoms in total. The molecule has 4 aromatic rings. The molecule has 2 aromatic carbocycles. The molecule has 5 heteroatoms. The van der Waals surface area contributed by atoms with Gasteiger partial charge < -0.3 is 10.2 Å². The van der Waals surface area contributed by atoms with Crippen LogP contribution in [0.15, 0.2) is 65.3 Å². The van der Waals surface area contributed by atoms with Crippen LogP contribution < -0.4 is 5.73 Å². The molecule has 1 aliphatic rings. The lowest BCUT2D eigenvalue weighted by Gasteiger charge is -2.21. The van der Waals surface area contributed by atoms with Crippen molar-refractivity contribution < 1.29 is 9.21 Å². The van der Waals surface area contributed by atoms with Crippen LogP contribution in [0, 0.1) is 6.92 Å². The summed E-state index contributed by atoms with van der Waals surface area (Å²) in [5, 5.41) is 1.08. The van der Waals surface area contributed by atoms with E-state index >= 15 is 0 Å². The Morgan fingerprint density at radius 3 is 2.61 bits per heavy atom. The van der Waals surface area contributed by atoms with E-state index in [2.05, 4.69) is 22.1 Å². The van der Waals surface area contributed by atoms with Crippen molar-refractivity contribution in [3.8, 4) is 11.3 Å². The van der Waals surface area contributed by atoms with Gasteiger partial charge in [0.15, 0.2) is 11.7 Å². The second-order valence-electron chi connectivity index (χ2n) is 7.33. The molecule has 1 aliphatic carbocycles. The molecule has 2 N–H and O–H groups in total. The van der Waals surface area contributed by atoms with Gasteiger partial charge in [-0.2, -0.15) is 0 Å². The normalized spacial score (nSPS) is 14.9. The second kappa shape index (κ2) is 6.02. The van der Waals surface area contributed by atoms with E-state index in [1.54, 1.807) is 12.4 Å². The molecule has 0 spiro atoms. The number of nitrogens with two attached hydrogens (primary N) is 1. The minimum absolute atomic E-state index is 0.238. The number of hydrogen-bond acceptors (Lipinski definition) is 4. The monoisotopic (exact) mass is 369 g/mol. The first-order valence-corrected chi connectivity index (χ1v) is 9.30. The van der Waals surface area contributed by atoms with Crippen molar-refractivity contribution >= 4 is 16.8 Å². The van der Waals surface area contributed by atoms with E-state index in [4.69, 9.17) is 10.2 Å². The highest BCUT2D eigenvalue weighted by Crippen LogP contribution is 2.56. The maximum absolute atomic E-state index is 12.1. The Bertz CT molecular complexity index is 1220. The number of amides is 1. The Morgan fingerprint density at radius 1 is 1.07 bits per heavy atom. The molecule has 1 amide bonds. The molecule has 0 atom stereocenters. The highest BCUT2D eigenvalue weighted by molar-refractivity contribution is 5.96. The van der Waals surface area contributed by atoms with Gasteiger partial charge in [-0.3, -0.25) is 9.78 Å². The number of primary amides is 1. The molecule has 2 aromatic heterocycles. The summed E-state index contributed by atoms with van der Waals surface area (Å²) in [6, 6.07) is 15.8. The standard InChI is InChI=1S/C23H19N3O2/c1-14-26-13-21(28-14)15-11-19(16-6-4-10-25-20(16)12-15)23(8-9-23)18-7-3-2-5-17(18)22(24)27/h2-7,10-13H,8-9H2,1H3,(H2,24,27). The lowest BCUT2D eigenvalue weighted by Crippen LogP contribution is -2.19. The Hall–Kier alpha value is -3.47. The average molecular weight is 369 g/mol. The number of pyridine rings is 1. The van der Waals surface area contributed by atoms with Crippen molar-refractivity contribution in [3.05, 3.63) is 83.5 Å². The minimum atomic E-state index is -0.397. The van der Waals surface area contributed by atoms with Crippen molar-refractivity contribution in [1.29, 1.82) is 0 Å². The van der Waals surface area contributed by atoms with Gasteiger partial charge in [0, 0.05) is 35.0 Å². The SMILES string of the molecule is Cc1ncc(-c2cc(C3(c4ccccc4C(N)=O)CC3)c3cccnc3c2)o1. The highest BCUT2D eigenvalue weighted by atomic mass is 16.4. The zero-order valence-electron chi connectivity index (χ0n) is 15.5. The van der Waals surface area contributed by atoms with Crippen molar-refractivity contribution in [1.82, 2.24) is 9.97 Å². The quantitative estimate of drug-likeness (QED) is 0.579. The summed E-state index contributed by atoms with van der Waals surface area (Å²) in [4.78, 5) is 20.9. The molecular formula is C23H19N3O2. The van der Waals surface area contributed by atoms with Gasteiger partial charge in [-0.25, -0.2) is 4.98 Å². The fourth-order valence-corrected chi connectivity index (χ4v) is 4.14.